The number of nitrogens with one attached hydrogen (secondary N) is 2. The zero-order chi connectivity index (χ0) is 24.0. The van der Waals surface area contributed by atoms with E-state index in [1.807, 2.05) is 18.2 Å². The Morgan fingerprint density at radius 1 is 1.20 bits per heavy atom. The van der Waals surface area contributed by atoms with E-state index in [1.165, 1.54) is 12.0 Å². The molecular weight excluding hydrogens is 551 g/mol. The van der Waals surface area contributed by atoms with E-state index in [1.54, 1.807) is 0 Å². The predicted octanol–water partition coefficient (Wildman–Crippen LogP) is 4.23. The first kappa shape index (κ1) is 23.0. The van der Waals surface area contributed by atoms with Crippen LogP contribution in [0.15, 0.2) is 62.3 Å². The van der Waals surface area contributed by atoms with Crippen LogP contribution in [0, 0.1) is 0 Å². The minimum absolute atomic E-state index is 0.0261. The number of benzene rings is 1. The van der Waals surface area contributed by atoms with Gasteiger partial charge in [-0.3, -0.25) is 0 Å². The molecule has 0 radical (unpaired) electrons. The SMILES string of the molecule is CCN[C@H]1CCN(CC2=CI3C(=NN=C3c3ccc4ccc(C(=O)NC5(C)CC5)cc4n3)C=C2)C1. The third-order valence-corrected chi connectivity index (χ3v) is 12.1. The van der Waals surface area contributed by atoms with Crippen molar-refractivity contribution in [3.8, 4) is 0 Å². The molecule has 0 unspecified atom stereocenters. The molecule has 1 aromatic heterocycles. The van der Waals surface area contributed by atoms with E-state index in [4.69, 9.17) is 4.98 Å². The van der Waals surface area contributed by atoms with Crippen molar-refractivity contribution in [1.82, 2.24) is 20.5 Å². The molecule has 0 bridgehead atoms. The van der Waals surface area contributed by atoms with Gasteiger partial charge in [0.15, 0.2) is 0 Å². The van der Waals surface area contributed by atoms with Crippen LogP contribution in [0.4, 0.5) is 0 Å². The van der Waals surface area contributed by atoms with Crippen LogP contribution in [-0.4, -0.2) is 61.0 Å². The van der Waals surface area contributed by atoms with E-state index in [2.05, 4.69) is 68.0 Å². The van der Waals surface area contributed by atoms with E-state index in [0.717, 1.165) is 63.1 Å². The van der Waals surface area contributed by atoms with Crippen molar-refractivity contribution in [1.29, 1.82) is 0 Å². The Labute approximate surface area is 213 Å². The molecule has 1 atom stereocenters. The fraction of sp³-hybridized carbons (Fsp3) is 0.407. The van der Waals surface area contributed by atoms with E-state index >= 15 is 0 Å². The molecular formula is C27H31IN6O. The van der Waals surface area contributed by atoms with Crippen LogP contribution in [-0.2, 0) is 0 Å². The van der Waals surface area contributed by atoms with Crippen LogP contribution in [0.5, 0.6) is 0 Å². The summed E-state index contributed by atoms with van der Waals surface area (Å²) in [5.74, 6) is -0.0261. The summed E-state index contributed by atoms with van der Waals surface area (Å²) in [6.45, 7) is 8.52. The van der Waals surface area contributed by atoms with Gasteiger partial charge in [0.1, 0.15) is 0 Å². The molecule has 2 fully saturated rings. The summed E-state index contributed by atoms with van der Waals surface area (Å²) in [6, 6.07) is 10.5. The Hall–Kier alpha value is -2.43. The number of likely N-dealkylation sites (N-methyl/N-ethyl adjacent to an activating group) is 1. The first-order valence-electron chi connectivity index (χ1n) is 12.4. The molecule has 35 heavy (non-hydrogen) atoms. The third-order valence-electron chi connectivity index (χ3n) is 7.07. The zero-order valence-electron chi connectivity index (χ0n) is 20.2. The van der Waals surface area contributed by atoms with Gasteiger partial charge in [-0.05, 0) is 0 Å². The van der Waals surface area contributed by atoms with Crippen LogP contribution in [0.2, 0.25) is 0 Å². The normalized spacial score (nSPS) is 23.7. The van der Waals surface area contributed by atoms with Crippen molar-refractivity contribution in [3.05, 3.63) is 63.4 Å². The summed E-state index contributed by atoms with van der Waals surface area (Å²) in [7, 11) is 0. The number of hydrogen-bond acceptors (Lipinski definition) is 6. The first-order valence-corrected chi connectivity index (χ1v) is 15.8. The van der Waals surface area contributed by atoms with Gasteiger partial charge in [-0.15, -0.1) is 0 Å². The number of carbonyl (C=O) groups excluding carboxylic acids is 1. The number of fused-ring (bicyclic) bond motifs is 2. The molecule has 6 rings (SSSR count). The number of rotatable bonds is 7. The monoisotopic (exact) mass is 582 g/mol. The summed E-state index contributed by atoms with van der Waals surface area (Å²) in [4.78, 5) is 20.2. The summed E-state index contributed by atoms with van der Waals surface area (Å²) in [5.41, 5.74) is 3.69. The average Bonchev–Trinajstić information content (AvgIpc) is 3.23. The maximum atomic E-state index is 12.7. The van der Waals surface area contributed by atoms with Crippen molar-refractivity contribution in [3.63, 3.8) is 0 Å². The number of halogens is 1. The number of likely N-dealkylation sites (tertiary alicyclic amines) is 1. The second-order valence-corrected chi connectivity index (χ2v) is 14.6. The Balaban J connectivity index is 1.21. The molecule has 4 heterocycles. The fourth-order valence-electron chi connectivity index (χ4n) is 4.79. The molecule has 1 aliphatic carbocycles. The van der Waals surface area contributed by atoms with Crippen LogP contribution in [0.25, 0.3) is 10.9 Å². The quantitative estimate of drug-likeness (QED) is 0.479. The molecule has 8 heteroatoms. The molecule has 2 aromatic rings. The van der Waals surface area contributed by atoms with Gasteiger partial charge in [-0.25, -0.2) is 0 Å². The first-order chi connectivity index (χ1) is 17.0. The van der Waals surface area contributed by atoms with Crippen molar-refractivity contribution < 1.29 is 4.79 Å². The van der Waals surface area contributed by atoms with E-state index in [9.17, 15) is 4.79 Å². The average molecular weight is 582 g/mol. The number of allylic oxidation sites excluding steroid dienone is 1. The molecule has 4 aliphatic rings. The number of pyridine rings is 1. The fourth-order valence-corrected chi connectivity index (χ4v) is 9.28. The van der Waals surface area contributed by atoms with Crippen LogP contribution in [0.1, 0.15) is 49.2 Å². The molecule has 1 aromatic carbocycles. The summed E-state index contributed by atoms with van der Waals surface area (Å²) < 4.78 is 4.59. The van der Waals surface area contributed by atoms with Gasteiger partial charge in [0, 0.05) is 0 Å². The molecule has 7 nitrogen and oxygen atoms in total. The van der Waals surface area contributed by atoms with E-state index < -0.39 is 19.8 Å². The Morgan fingerprint density at radius 3 is 2.89 bits per heavy atom. The number of amides is 1. The summed E-state index contributed by atoms with van der Waals surface area (Å²) in [5, 5.41) is 16.8. The van der Waals surface area contributed by atoms with E-state index in [-0.39, 0.29) is 11.4 Å². The Kier molecular flexibility index (Phi) is 6.06. The van der Waals surface area contributed by atoms with Gasteiger partial charge in [-0.2, -0.15) is 0 Å². The number of hydrogen-bond donors (Lipinski definition) is 2. The predicted molar refractivity (Wildman–Crippen MR) is 151 cm³/mol. The van der Waals surface area contributed by atoms with Gasteiger partial charge in [-0.1, -0.05) is 0 Å². The van der Waals surface area contributed by atoms with Crippen LogP contribution in [0.3, 0.4) is 0 Å². The molecule has 1 amide bonds. The standard InChI is InChI=1S/C27H31IN6O/c1-3-29-21-10-13-34(17-21)16-18-4-9-24-28(15-18)25(33-32-24)22-8-7-19-5-6-20(14-23(19)30-22)26(35)31-27(2)11-12-27/h4-9,14-15,21,29H,3,10-13,16-17H2,1-2H3,(H,31,35)/t21-/m0/s1. The number of nitrogens with zero attached hydrogens (tertiary/aromatic N) is 4. The van der Waals surface area contributed by atoms with Crippen molar-refractivity contribution in [2.75, 3.05) is 26.2 Å². The maximum absolute atomic E-state index is 12.7. The molecule has 2 N–H and O–H groups in total. The third kappa shape index (κ3) is 4.83. The number of aromatic nitrogens is 1. The van der Waals surface area contributed by atoms with Gasteiger partial charge in [0.2, 0.25) is 0 Å². The summed E-state index contributed by atoms with van der Waals surface area (Å²) in [6.07, 6.45) is 7.68. The van der Waals surface area contributed by atoms with Gasteiger partial charge < -0.3 is 0 Å². The van der Waals surface area contributed by atoms with Crippen molar-refractivity contribution >= 4 is 44.1 Å². The topological polar surface area (TPSA) is 82.0 Å². The molecule has 1 saturated heterocycles. The van der Waals surface area contributed by atoms with Crippen LogP contribution >= 0.6 is 19.8 Å². The van der Waals surface area contributed by atoms with E-state index in [0.29, 0.717) is 11.6 Å². The summed E-state index contributed by atoms with van der Waals surface area (Å²) >= 11 is -1.86. The molecule has 3 aliphatic heterocycles. The van der Waals surface area contributed by atoms with Gasteiger partial charge >= 0.3 is 214 Å². The molecule has 0 spiro atoms. The second kappa shape index (κ2) is 9.22. The van der Waals surface area contributed by atoms with Gasteiger partial charge in [0.25, 0.3) is 0 Å². The second-order valence-electron chi connectivity index (χ2n) is 10.0. The molecule has 1 saturated carbocycles. The molecule has 182 valence electrons. The Bertz CT molecular complexity index is 1310. The van der Waals surface area contributed by atoms with Crippen molar-refractivity contribution in [2.24, 2.45) is 10.2 Å². The van der Waals surface area contributed by atoms with Gasteiger partial charge in [0.05, 0.1) is 0 Å². The Morgan fingerprint density at radius 2 is 2.06 bits per heavy atom. The van der Waals surface area contributed by atoms with Crippen molar-refractivity contribution in [2.45, 2.75) is 44.7 Å². The zero-order valence-corrected chi connectivity index (χ0v) is 22.4. The minimum atomic E-state index is -1.86. The van der Waals surface area contributed by atoms with Crippen LogP contribution < -0.4 is 10.6 Å². The number of carbonyl (C=O) groups is 1.